The van der Waals surface area contributed by atoms with Crippen LogP contribution in [0.3, 0.4) is 0 Å². The van der Waals surface area contributed by atoms with Crippen LogP contribution in [0.2, 0.25) is 0 Å². The number of nitrogen functional groups attached to an aromatic ring is 1. The van der Waals surface area contributed by atoms with E-state index in [-0.39, 0.29) is 41.5 Å². The third kappa shape index (κ3) is 6.64. The van der Waals surface area contributed by atoms with E-state index in [4.69, 9.17) is 5.73 Å². The van der Waals surface area contributed by atoms with E-state index in [0.717, 1.165) is 6.07 Å². The van der Waals surface area contributed by atoms with Gasteiger partial charge in [-0.25, -0.2) is 0 Å². The van der Waals surface area contributed by atoms with Gasteiger partial charge in [-0.3, -0.25) is 29.8 Å². The van der Waals surface area contributed by atoms with E-state index in [2.05, 4.69) is 16.0 Å². The number of carbonyl (C=O) groups is 2. The molecule has 0 unspecified atom stereocenters. The molecule has 6 N–H and O–H groups in total. The largest absolute Gasteiger partial charge is 0.480 e. The molecular formula is C18H20N6O7. The molecule has 0 spiro atoms. The Morgan fingerprint density at radius 2 is 1.71 bits per heavy atom. The molecule has 0 aliphatic rings. The topological polar surface area (TPSA) is 203 Å². The molecule has 0 aliphatic heterocycles. The van der Waals surface area contributed by atoms with Gasteiger partial charge in [0.05, 0.1) is 16.3 Å². The van der Waals surface area contributed by atoms with Crippen molar-refractivity contribution in [2.24, 2.45) is 0 Å². The quantitative estimate of drug-likeness (QED) is 0.150. The number of aliphatic carboxylic acids is 1. The second-order valence-electron chi connectivity index (χ2n) is 6.33. The summed E-state index contributed by atoms with van der Waals surface area (Å²) in [6.07, 6.45) is -0.445. The van der Waals surface area contributed by atoms with Gasteiger partial charge in [0.2, 0.25) is 5.91 Å². The molecule has 31 heavy (non-hydrogen) atoms. The molecule has 1 amide bonds. The highest BCUT2D eigenvalue weighted by Crippen LogP contribution is 2.25. The maximum Gasteiger partial charge on any atom is 0.321 e. The molecule has 0 bridgehead atoms. The van der Waals surface area contributed by atoms with E-state index in [1.165, 1.54) is 30.3 Å². The van der Waals surface area contributed by atoms with E-state index in [9.17, 15) is 34.9 Å². The lowest BCUT2D eigenvalue weighted by molar-refractivity contribution is -0.384. The van der Waals surface area contributed by atoms with Crippen molar-refractivity contribution in [2.45, 2.75) is 12.5 Å². The molecule has 2 aromatic carbocycles. The first-order valence-electron chi connectivity index (χ1n) is 8.96. The molecule has 0 fully saturated rings. The van der Waals surface area contributed by atoms with Crippen LogP contribution in [0.25, 0.3) is 0 Å². The number of carboxylic acid groups (broad SMARTS) is 1. The minimum Gasteiger partial charge on any atom is -0.480 e. The first-order chi connectivity index (χ1) is 14.7. The molecule has 0 radical (unpaired) electrons. The van der Waals surface area contributed by atoms with Crippen molar-refractivity contribution in [2.75, 3.05) is 29.5 Å². The Balaban J connectivity index is 1.90. The van der Waals surface area contributed by atoms with Crippen LogP contribution in [0.15, 0.2) is 42.5 Å². The summed E-state index contributed by atoms with van der Waals surface area (Å²) in [5, 5.41) is 39.1. The Kier molecular flexibility index (Phi) is 7.80. The minimum absolute atomic E-state index is 0.0702. The number of nitrogens with zero attached hydrogens (tertiary/aromatic N) is 2. The molecule has 0 aliphatic carbocycles. The number of rotatable bonds is 11. The Morgan fingerprint density at radius 1 is 1.03 bits per heavy atom. The van der Waals surface area contributed by atoms with Crippen molar-refractivity contribution >= 4 is 40.3 Å². The zero-order valence-electron chi connectivity index (χ0n) is 16.1. The van der Waals surface area contributed by atoms with E-state index in [1.807, 2.05) is 0 Å². The number of carbonyl (C=O) groups excluding carboxylic acids is 1. The number of para-hydroxylation sites is 2. The fraction of sp³-hybridized carbons (Fsp3) is 0.222. The van der Waals surface area contributed by atoms with Gasteiger partial charge in [-0.1, -0.05) is 12.1 Å². The second-order valence-corrected chi connectivity index (χ2v) is 6.33. The monoisotopic (exact) mass is 432 g/mol. The summed E-state index contributed by atoms with van der Waals surface area (Å²) in [5.41, 5.74) is 5.31. The first-order valence-corrected chi connectivity index (χ1v) is 8.96. The average Bonchev–Trinajstić information content (AvgIpc) is 2.71. The van der Waals surface area contributed by atoms with Gasteiger partial charge in [0.25, 0.3) is 11.4 Å². The van der Waals surface area contributed by atoms with Crippen molar-refractivity contribution in [1.82, 2.24) is 5.32 Å². The van der Waals surface area contributed by atoms with Crippen molar-refractivity contribution in [3.8, 4) is 0 Å². The van der Waals surface area contributed by atoms with E-state index < -0.39 is 34.2 Å². The number of nitrogens with two attached hydrogens (primary N) is 1. The van der Waals surface area contributed by atoms with Crippen molar-refractivity contribution in [1.29, 1.82) is 0 Å². The molecule has 2 aromatic rings. The maximum atomic E-state index is 12.2. The number of hydrogen-bond acceptors (Lipinski definition) is 9. The summed E-state index contributed by atoms with van der Waals surface area (Å²) in [4.78, 5) is 44.2. The smallest absolute Gasteiger partial charge is 0.321 e. The van der Waals surface area contributed by atoms with Crippen molar-refractivity contribution in [3.05, 3.63) is 62.7 Å². The van der Waals surface area contributed by atoms with Gasteiger partial charge >= 0.3 is 5.97 Å². The molecular weight excluding hydrogens is 412 g/mol. The van der Waals surface area contributed by atoms with Gasteiger partial charge in [0.1, 0.15) is 17.4 Å². The SMILES string of the molecule is Nc1ccc(NC(=O)C[C@@H](NCCNc2ccccc2[N+](=O)[O-])C(=O)O)cc1[N+](=O)[O-]. The van der Waals surface area contributed by atoms with Gasteiger partial charge in [-0.15, -0.1) is 0 Å². The van der Waals surface area contributed by atoms with Crippen LogP contribution >= 0.6 is 0 Å². The number of anilines is 3. The summed E-state index contributed by atoms with van der Waals surface area (Å²) in [6.45, 7) is 0.268. The molecule has 13 heteroatoms. The van der Waals surface area contributed by atoms with Crippen LogP contribution in [0, 0.1) is 20.2 Å². The third-order valence-corrected chi connectivity index (χ3v) is 4.13. The number of hydrogen-bond donors (Lipinski definition) is 5. The predicted molar refractivity (Wildman–Crippen MR) is 112 cm³/mol. The summed E-state index contributed by atoms with van der Waals surface area (Å²) in [5.74, 6) is -1.95. The van der Waals surface area contributed by atoms with E-state index >= 15 is 0 Å². The molecule has 0 heterocycles. The van der Waals surface area contributed by atoms with E-state index in [1.54, 1.807) is 6.07 Å². The Bertz CT molecular complexity index is 997. The highest BCUT2D eigenvalue weighted by molar-refractivity contribution is 5.94. The van der Waals surface area contributed by atoms with Crippen LogP contribution in [-0.2, 0) is 9.59 Å². The van der Waals surface area contributed by atoms with Crippen molar-refractivity contribution < 1.29 is 24.5 Å². The molecule has 1 atom stereocenters. The average molecular weight is 432 g/mol. The number of nitro groups is 2. The lowest BCUT2D eigenvalue weighted by atomic mass is 10.2. The van der Waals surface area contributed by atoms with Gasteiger partial charge in [-0.05, 0) is 18.2 Å². The highest BCUT2D eigenvalue weighted by Gasteiger charge is 2.21. The van der Waals surface area contributed by atoms with Gasteiger partial charge in [0, 0.05) is 30.9 Å². The van der Waals surface area contributed by atoms with Gasteiger partial charge in [-0.2, -0.15) is 0 Å². The zero-order chi connectivity index (χ0) is 23.0. The number of nitro benzene ring substituents is 2. The molecule has 13 nitrogen and oxygen atoms in total. The molecule has 0 saturated carbocycles. The number of amides is 1. The maximum absolute atomic E-state index is 12.2. The lowest BCUT2D eigenvalue weighted by Gasteiger charge is -2.15. The van der Waals surface area contributed by atoms with Crippen molar-refractivity contribution in [3.63, 3.8) is 0 Å². The number of nitrogens with one attached hydrogen (secondary N) is 3. The third-order valence-electron chi connectivity index (χ3n) is 4.13. The van der Waals surface area contributed by atoms with Gasteiger partial charge < -0.3 is 26.8 Å². The predicted octanol–water partition coefficient (Wildman–Crippen LogP) is 1.57. The Labute approximate surface area is 175 Å². The summed E-state index contributed by atoms with van der Waals surface area (Å²) >= 11 is 0. The van der Waals surface area contributed by atoms with Crippen LogP contribution < -0.4 is 21.7 Å². The summed E-state index contributed by atoms with van der Waals surface area (Å²) < 4.78 is 0. The molecule has 164 valence electrons. The first kappa shape index (κ1) is 23.0. The fourth-order valence-corrected chi connectivity index (χ4v) is 2.65. The summed E-state index contributed by atoms with van der Waals surface area (Å²) in [7, 11) is 0. The second kappa shape index (κ2) is 10.5. The number of benzene rings is 2. The van der Waals surface area contributed by atoms with Gasteiger partial charge in [0.15, 0.2) is 0 Å². The summed E-state index contributed by atoms with van der Waals surface area (Å²) in [6, 6.07) is 8.46. The molecule has 0 saturated heterocycles. The van der Waals surface area contributed by atoms with Crippen LogP contribution in [-0.4, -0.2) is 46.0 Å². The van der Waals surface area contributed by atoms with E-state index in [0.29, 0.717) is 0 Å². The molecule has 2 rings (SSSR count). The van der Waals surface area contributed by atoms with Crippen LogP contribution in [0.5, 0.6) is 0 Å². The minimum atomic E-state index is -1.27. The van der Waals surface area contributed by atoms with Crippen LogP contribution in [0.4, 0.5) is 28.4 Å². The zero-order valence-corrected chi connectivity index (χ0v) is 16.1. The Morgan fingerprint density at radius 3 is 2.35 bits per heavy atom. The fourth-order valence-electron chi connectivity index (χ4n) is 2.65. The lowest BCUT2D eigenvalue weighted by Crippen LogP contribution is -2.41. The van der Waals surface area contributed by atoms with Crippen LogP contribution in [0.1, 0.15) is 6.42 Å². The standard InChI is InChI=1S/C18H20N6O7/c19-12-6-5-11(9-16(12)24(30)31)22-17(25)10-14(18(26)27)21-8-7-20-13-3-1-2-4-15(13)23(28)29/h1-6,9,14,20-21H,7-8,10,19H2,(H,22,25)(H,26,27)/t14-/m1/s1. The molecule has 0 aromatic heterocycles. The Hall–Kier alpha value is -4.26. The number of carboxylic acids is 1. The normalized spacial score (nSPS) is 11.4. The highest BCUT2D eigenvalue weighted by atomic mass is 16.6.